The lowest BCUT2D eigenvalue weighted by atomic mass is 10.1. The van der Waals surface area contributed by atoms with Crippen molar-refractivity contribution in [2.45, 2.75) is 36.5 Å². The zero-order valence-corrected chi connectivity index (χ0v) is 17.0. The van der Waals surface area contributed by atoms with Crippen LogP contribution in [-0.4, -0.2) is 32.3 Å². The Morgan fingerprint density at radius 1 is 1.10 bits per heavy atom. The average molecular weight is 438 g/mol. The molecule has 1 saturated carbocycles. The molecule has 0 radical (unpaired) electrons. The van der Waals surface area contributed by atoms with Crippen LogP contribution < -0.4 is 4.72 Å². The van der Waals surface area contributed by atoms with Gasteiger partial charge in [0.05, 0.1) is 10.5 Å². The molecule has 0 heterocycles. The Bertz CT molecular complexity index is 1030. The molecule has 3 rings (SSSR count). The first kappa shape index (κ1) is 22.0. The standard InChI is InChI=1S/C21H21F3N2O3S/c1-26(14-16-2-7-17(8-3-16)21(22,23)24)20(27)13-6-15-4-11-19(12-5-15)30(28,29)25-18-9-10-18/h2-8,11-13,18,25H,9-10,14H2,1H3/b13-6+. The lowest BCUT2D eigenvalue weighted by molar-refractivity contribution is -0.137. The van der Waals surface area contributed by atoms with Gasteiger partial charge in [-0.1, -0.05) is 24.3 Å². The van der Waals surface area contributed by atoms with Gasteiger partial charge in [0.1, 0.15) is 0 Å². The van der Waals surface area contributed by atoms with E-state index in [0.29, 0.717) is 11.1 Å². The summed E-state index contributed by atoms with van der Waals surface area (Å²) >= 11 is 0. The Morgan fingerprint density at radius 2 is 1.70 bits per heavy atom. The highest BCUT2D eigenvalue weighted by atomic mass is 32.2. The van der Waals surface area contributed by atoms with E-state index in [1.54, 1.807) is 25.3 Å². The number of carbonyl (C=O) groups excluding carboxylic acids is 1. The van der Waals surface area contributed by atoms with Gasteiger partial charge in [0, 0.05) is 25.7 Å². The molecule has 160 valence electrons. The van der Waals surface area contributed by atoms with E-state index in [2.05, 4.69) is 4.72 Å². The maximum absolute atomic E-state index is 12.6. The van der Waals surface area contributed by atoms with Crippen LogP contribution in [-0.2, 0) is 27.5 Å². The van der Waals surface area contributed by atoms with Crippen LogP contribution in [0.5, 0.6) is 0 Å². The van der Waals surface area contributed by atoms with E-state index in [1.165, 1.54) is 35.2 Å². The number of likely N-dealkylation sites (N-methyl/N-ethyl adjacent to an activating group) is 1. The fourth-order valence-corrected chi connectivity index (χ4v) is 4.00. The van der Waals surface area contributed by atoms with Gasteiger partial charge in [0.25, 0.3) is 0 Å². The first-order valence-electron chi connectivity index (χ1n) is 9.26. The SMILES string of the molecule is CN(Cc1ccc(C(F)(F)F)cc1)C(=O)/C=C/c1ccc(S(=O)(=O)NC2CC2)cc1. The molecule has 0 bridgehead atoms. The summed E-state index contributed by atoms with van der Waals surface area (Å²) in [6.45, 7) is 0.158. The first-order chi connectivity index (χ1) is 14.0. The van der Waals surface area contributed by atoms with Crippen molar-refractivity contribution in [2.75, 3.05) is 7.05 Å². The Morgan fingerprint density at radius 3 is 2.23 bits per heavy atom. The topological polar surface area (TPSA) is 66.5 Å². The molecule has 9 heteroatoms. The first-order valence-corrected chi connectivity index (χ1v) is 10.7. The predicted octanol–water partition coefficient (Wildman–Crippen LogP) is 3.82. The maximum atomic E-state index is 12.6. The molecule has 5 nitrogen and oxygen atoms in total. The second-order valence-electron chi connectivity index (χ2n) is 7.19. The molecule has 1 amide bonds. The van der Waals surface area contributed by atoms with Gasteiger partial charge >= 0.3 is 6.18 Å². The van der Waals surface area contributed by atoms with Crippen molar-refractivity contribution in [3.05, 3.63) is 71.3 Å². The predicted molar refractivity (Wildman–Crippen MR) is 107 cm³/mol. The normalized spacial score (nSPS) is 14.8. The number of hydrogen-bond donors (Lipinski definition) is 1. The smallest absolute Gasteiger partial charge is 0.338 e. The summed E-state index contributed by atoms with van der Waals surface area (Å²) in [4.78, 5) is 13.8. The summed E-state index contributed by atoms with van der Waals surface area (Å²) in [6, 6.07) is 10.8. The number of amides is 1. The second kappa shape index (κ2) is 8.61. The summed E-state index contributed by atoms with van der Waals surface area (Å²) in [5.74, 6) is -0.331. The molecular formula is C21H21F3N2O3S. The van der Waals surface area contributed by atoms with E-state index in [0.717, 1.165) is 25.0 Å². The fraction of sp³-hybridized carbons (Fsp3) is 0.286. The quantitative estimate of drug-likeness (QED) is 0.669. The van der Waals surface area contributed by atoms with Crippen LogP contribution >= 0.6 is 0 Å². The number of hydrogen-bond acceptors (Lipinski definition) is 3. The molecule has 0 unspecified atom stereocenters. The Labute approximate surface area is 173 Å². The molecule has 2 aromatic carbocycles. The Balaban J connectivity index is 1.58. The van der Waals surface area contributed by atoms with Crippen LogP contribution in [0.4, 0.5) is 13.2 Å². The van der Waals surface area contributed by atoms with E-state index >= 15 is 0 Å². The molecule has 1 aliphatic rings. The maximum Gasteiger partial charge on any atom is 0.416 e. The molecule has 1 aliphatic carbocycles. The van der Waals surface area contributed by atoms with E-state index in [-0.39, 0.29) is 23.4 Å². The van der Waals surface area contributed by atoms with Crippen LogP contribution in [0.3, 0.4) is 0 Å². The molecule has 0 saturated heterocycles. The number of sulfonamides is 1. The Hall–Kier alpha value is -2.65. The van der Waals surface area contributed by atoms with E-state index in [1.807, 2.05) is 0 Å². The minimum absolute atomic E-state index is 0.0207. The molecule has 2 aromatic rings. The largest absolute Gasteiger partial charge is 0.416 e. The zero-order valence-electron chi connectivity index (χ0n) is 16.2. The van der Waals surface area contributed by atoms with Gasteiger partial charge in [-0.15, -0.1) is 0 Å². The third kappa shape index (κ3) is 5.93. The van der Waals surface area contributed by atoms with Gasteiger partial charge in [-0.25, -0.2) is 13.1 Å². The van der Waals surface area contributed by atoms with Crippen molar-refractivity contribution in [2.24, 2.45) is 0 Å². The molecule has 0 spiro atoms. The van der Waals surface area contributed by atoms with Crippen LogP contribution in [0.15, 0.2) is 59.5 Å². The van der Waals surface area contributed by atoms with Gasteiger partial charge < -0.3 is 4.90 Å². The summed E-state index contributed by atoms with van der Waals surface area (Å²) in [7, 11) is -1.98. The fourth-order valence-electron chi connectivity index (χ4n) is 2.69. The van der Waals surface area contributed by atoms with Crippen molar-refractivity contribution in [1.82, 2.24) is 9.62 Å². The minimum Gasteiger partial charge on any atom is -0.338 e. The highest BCUT2D eigenvalue weighted by Gasteiger charge is 2.30. The van der Waals surface area contributed by atoms with Crippen LogP contribution in [0.1, 0.15) is 29.5 Å². The third-order valence-electron chi connectivity index (χ3n) is 4.59. The van der Waals surface area contributed by atoms with Gasteiger partial charge in [0.15, 0.2) is 0 Å². The number of rotatable bonds is 7. The summed E-state index contributed by atoms with van der Waals surface area (Å²) < 4.78 is 64.7. The molecular weight excluding hydrogens is 417 g/mol. The molecule has 30 heavy (non-hydrogen) atoms. The van der Waals surface area contributed by atoms with E-state index < -0.39 is 21.8 Å². The van der Waals surface area contributed by atoms with Crippen LogP contribution in [0.25, 0.3) is 6.08 Å². The van der Waals surface area contributed by atoms with Crippen LogP contribution in [0.2, 0.25) is 0 Å². The van der Waals surface area contributed by atoms with Crippen molar-refractivity contribution in [3.63, 3.8) is 0 Å². The van der Waals surface area contributed by atoms with Gasteiger partial charge in [-0.3, -0.25) is 4.79 Å². The number of nitrogens with one attached hydrogen (secondary N) is 1. The number of nitrogens with zero attached hydrogens (tertiary/aromatic N) is 1. The lowest BCUT2D eigenvalue weighted by Gasteiger charge is -2.16. The molecule has 0 aliphatic heterocycles. The highest BCUT2D eigenvalue weighted by molar-refractivity contribution is 7.89. The molecule has 1 fully saturated rings. The lowest BCUT2D eigenvalue weighted by Crippen LogP contribution is -2.25. The highest BCUT2D eigenvalue weighted by Crippen LogP contribution is 2.29. The minimum atomic E-state index is -4.40. The second-order valence-corrected chi connectivity index (χ2v) is 8.90. The summed E-state index contributed by atoms with van der Waals surface area (Å²) in [6.07, 6.45) is 0.183. The molecule has 0 atom stereocenters. The summed E-state index contributed by atoms with van der Waals surface area (Å²) in [5, 5.41) is 0. The van der Waals surface area contributed by atoms with E-state index in [4.69, 9.17) is 0 Å². The molecule has 0 aromatic heterocycles. The van der Waals surface area contributed by atoms with Crippen molar-refractivity contribution < 1.29 is 26.4 Å². The monoisotopic (exact) mass is 438 g/mol. The number of halogens is 3. The molecule has 1 N–H and O–H groups in total. The van der Waals surface area contributed by atoms with Gasteiger partial charge in [-0.2, -0.15) is 13.2 Å². The number of alkyl halides is 3. The third-order valence-corrected chi connectivity index (χ3v) is 6.12. The van der Waals surface area contributed by atoms with Crippen molar-refractivity contribution in [3.8, 4) is 0 Å². The summed E-state index contributed by atoms with van der Waals surface area (Å²) in [5.41, 5.74) is 0.486. The zero-order chi connectivity index (χ0) is 21.9. The number of benzene rings is 2. The van der Waals surface area contributed by atoms with Gasteiger partial charge in [0.2, 0.25) is 15.9 Å². The van der Waals surface area contributed by atoms with Gasteiger partial charge in [-0.05, 0) is 54.3 Å². The van der Waals surface area contributed by atoms with Crippen molar-refractivity contribution >= 4 is 22.0 Å². The van der Waals surface area contributed by atoms with Crippen LogP contribution in [0, 0.1) is 0 Å². The Kier molecular flexibility index (Phi) is 6.33. The van der Waals surface area contributed by atoms with Crippen molar-refractivity contribution in [1.29, 1.82) is 0 Å². The average Bonchev–Trinajstić information content (AvgIpc) is 3.49. The van der Waals surface area contributed by atoms with E-state index in [9.17, 15) is 26.4 Å². The number of carbonyl (C=O) groups is 1.